The molecule has 1 N–H and O–H groups in total. The van der Waals surface area contributed by atoms with Crippen molar-refractivity contribution in [2.45, 2.75) is 39.0 Å². The molecule has 3 atom stereocenters. The minimum absolute atomic E-state index is 0.0957. The van der Waals surface area contributed by atoms with E-state index >= 15 is 0 Å². The van der Waals surface area contributed by atoms with Crippen molar-refractivity contribution in [3.8, 4) is 0 Å². The fraction of sp³-hybridized carbons (Fsp3) is 0.533. The molecule has 1 aromatic rings. The zero-order valence-electron chi connectivity index (χ0n) is 12.4. The lowest BCUT2D eigenvalue weighted by atomic mass is 10.1. The van der Waals surface area contributed by atoms with Gasteiger partial charge in [-0.2, -0.15) is 0 Å². The number of halogens is 2. The Kier molecular flexibility index (Phi) is 5.19. The van der Waals surface area contributed by atoms with Gasteiger partial charge < -0.3 is 10.1 Å². The van der Waals surface area contributed by atoms with Crippen molar-refractivity contribution in [1.82, 2.24) is 4.90 Å². The van der Waals surface area contributed by atoms with Gasteiger partial charge >= 0.3 is 0 Å². The Morgan fingerprint density at radius 3 is 2.62 bits per heavy atom. The van der Waals surface area contributed by atoms with E-state index in [-0.39, 0.29) is 29.2 Å². The van der Waals surface area contributed by atoms with Gasteiger partial charge in [0.15, 0.2) is 0 Å². The molecule has 1 heterocycles. The van der Waals surface area contributed by atoms with E-state index in [1.54, 1.807) is 0 Å². The van der Waals surface area contributed by atoms with E-state index in [1.807, 2.05) is 20.8 Å². The average Bonchev–Trinajstić information content (AvgIpc) is 2.40. The van der Waals surface area contributed by atoms with Gasteiger partial charge in [-0.1, -0.05) is 11.6 Å². The molecule has 0 saturated carbocycles. The van der Waals surface area contributed by atoms with Crippen LogP contribution >= 0.6 is 11.6 Å². The number of benzene rings is 1. The quantitative estimate of drug-likeness (QED) is 0.932. The van der Waals surface area contributed by atoms with E-state index in [9.17, 15) is 9.18 Å². The van der Waals surface area contributed by atoms with Crippen LogP contribution in [-0.4, -0.2) is 42.1 Å². The molecule has 116 valence electrons. The molecule has 0 radical (unpaired) electrons. The highest BCUT2D eigenvalue weighted by Crippen LogP contribution is 2.23. The van der Waals surface area contributed by atoms with Crippen LogP contribution in [-0.2, 0) is 9.53 Å². The van der Waals surface area contributed by atoms with Crippen LogP contribution in [0, 0.1) is 5.82 Å². The average molecular weight is 315 g/mol. The van der Waals surface area contributed by atoms with Crippen molar-refractivity contribution < 1.29 is 13.9 Å². The summed E-state index contributed by atoms with van der Waals surface area (Å²) in [5, 5.41) is 2.94. The second kappa shape index (κ2) is 6.73. The van der Waals surface area contributed by atoms with Crippen molar-refractivity contribution in [3.63, 3.8) is 0 Å². The first kappa shape index (κ1) is 16.2. The third-order valence-corrected chi connectivity index (χ3v) is 3.88. The maximum atomic E-state index is 13.0. The Bertz CT molecular complexity index is 516. The molecule has 0 aliphatic carbocycles. The van der Waals surface area contributed by atoms with E-state index in [0.29, 0.717) is 18.8 Å². The van der Waals surface area contributed by atoms with Crippen molar-refractivity contribution >= 4 is 23.2 Å². The first-order valence-corrected chi connectivity index (χ1v) is 7.40. The number of ether oxygens (including phenoxy) is 1. The van der Waals surface area contributed by atoms with Gasteiger partial charge in [-0.3, -0.25) is 9.69 Å². The van der Waals surface area contributed by atoms with Crippen molar-refractivity contribution in [3.05, 3.63) is 29.0 Å². The summed E-state index contributed by atoms with van der Waals surface area (Å²) < 4.78 is 18.7. The molecule has 1 fully saturated rings. The Labute approximate surface area is 129 Å². The Morgan fingerprint density at radius 2 is 2.05 bits per heavy atom. The third-order valence-electron chi connectivity index (χ3n) is 3.56. The van der Waals surface area contributed by atoms with Gasteiger partial charge in [0.05, 0.1) is 29.0 Å². The molecule has 1 saturated heterocycles. The molecule has 4 nitrogen and oxygen atoms in total. The molecule has 0 aromatic heterocycles. The maximum absolute atomic E-state index is 13.0. The fourth-order valence-electron chi connectivity index (χ4n) is 2.53. The highest BCUT2D eigenvalue weighted by Gasteiger charge is 2.29. The van der Waals surface area contributed by atoms with Crippen molar-refractivity contribution in [2.24, 2.45) is 0 Å². The van der Waals surface area contributed by atoms with Gasteiger partial charge in [0.25, 0.3) is 0 Å². The number of rotatable bonds is 3. The number of anilines is 1. The maximum Gasteiger partial charge on any atom is 0.241 e. The van der Waals surface area contributed by atoms with Crippen LogP contribution in [0.1, 0.15) is 20.8 Å². The SMILES string of the molecule is C[C@@H]1CN([C@@H](C)C(=O)Nc2ccc(F)cc2Cl)C[C@H](C)O1. The minimum atomic E-state index is -0.429. The van der Waals surface area contributed by atoms with Crippen molar-refractivity contribution in [2.75, 3.05) is 18.4 Å². The van der Waals surface area contributed by atoms with E-state index in [2.05, 4.69) is 10.2 Å². The van der Waals surface area contributed by atoms with E-state index in [1.165, 1.54) is 18.2 Å². The highest BCUT2D eigenvalue weighted by atomic mass is 35.5. The van der Waals surface area contributed by atoms with E-state index in [0.717, 1.165) is 0 Å². The second-order valence-corrected chi connectivity index (χ2v) is 5.91. The zero-order valence-corrected chi connectivity index (χ0v) is 13.2. The molecule has 0 bridgehead atoms. The molecule has 1 aliphatic heterocycles. The number of hydrogen-bond donors (Lipinski definition) is 1. The van der Waals surface area contributed by atoms with Gasteiger partial charge in [-0.15, -0.1) is 0 Å². The summed E-state index contributed by atoms with van der Waals surface area (Å²) in [6.07, 6.45) is 0.191. The lowest BCUT2D eigenvalue weighted by Crippen LogP contribution is -2.52. The molecule has 1 aliphatic rings. The van der Waals surface area contributed by atoms with Crippen LogP contribution in [0.15, 0.2) is 18.2 Å². The summed E-state index contributed by atoms with van der Waals surface area (Å²) >= 11 is 5.92. The standard InChI is InChI=1S/C15H20ClFN2O2/c1-9-7-19(8-10(2)21-9)11(3)15(20)18-14-5-4-12(17)6-13(14)16/h4-6,9-11H,7-8H2,1-3H3,(H,18,20)/t9-,10+,11-/m0/s1. The summed E-state index contributed by atoms with van der Waals surface area (Å²) in [5.41, 5.74) is 0.421. The molecular formula is C15H20ClFN2O2. The number of amides is 1. The minimum Gasteiger partial charge on any atom is -0.373 e. The van der Waals surface area contributed by atoms with Crippen molar-refractivity contribution in [1.29, 1.82) is 0 Å². The summed E-state index contributed by atoms with van der Waals surface area (Å²) in [6, 6.07) is 3.61. The predicted octanol–water partition coefficient (Wildman–Crippen LogP) is 2.92. The fourth-order valence-corrected chi connectivity index (χ4v) is 2.74. The van der Waals surface area contributed by atoms with Crippen LogP contribution in [0.4, 0.5) is 10.1 Å². The van der Waals surface area contributed by atoms with Gasteiger partial charge in [0.2, 0.25) is 5.91 Å². The van der Waals surface area contributed by atoms with Crippen LogP contribution in [0.5, 0.6) is 0 Å². The summed E-state index contributed by atoms with van der Waals surface area (Å²) in [6.45, 7) is 7.23. The number of nitrogens with one attached hydrogen (secondary N) is 1. The number of carbonyl (C=O) groups excluding carboxylic acids is 1. The predicted molar refractivity (Wildman–Crippen MR) is 81.1 cm³/mol. The molecule has 2 rings (SSSR count). The topological polar surface area (TPSA) is 41.6 Å². The number of carbonyl (C=O) groups is 1. The summed E-state index contributed by atoms with van der Waals surface area (Å²) in [4.78, 5) is 14.4. The molecule has 6 heteroatoms. The molecule has 0 spiro atoms. The number of nitrogens with zero attached hydrogens (tertiary/aromatic N) is 1. The normalized spacial score (nSPS) is 24.6. The highest BCUT2D eigenvalue weighted by molar-refractivity contribution is 6.33. The van der Waals surface area contributed by atoms with Gasteiger partial charge in [-0.05, 0) is 39.0 Å². The summed E-state index contributed by atoms with van der Waals surface area (Å²) in [5.74, 6) is -0.591. The molecular weight excluding hydrogens is 295 g/mol. The van der Waals surface area contributed by atoms with Crippen LogP contribution in [0.2, 0.25) is 5.02 Å². The van der Waals surface area contributed by atoms with E-state index < -0.39 is 5.82 Å². The second-order valence-electron chi connectivity index (χ2n) is 5.50. The molecule has 0 unspecified atom stereocenters. The summed E-state index contributed by atoms with van der Waals surface area (Å²) in [7, 11) is 0. The van der Waals surface area contributed by atoms with Crippen LogP contribution < -0.4 is 5.32 Å². The Morgan fingerprint density at radius 1 is 1.43 bits per heavy atom. The largest absolute Gasteiger partial charge is 0.373 e. The Hall–Kier alpha value is -1.17. The molecule has 21 heavy (non-hydrogen) atoms. The number of morpholine rings is 1. The van der Waals surface area contributed by atoms with E-state index in [4.69, 9.17) is 16.3 Å². The Balaban J connectivity index is 2.02. The van der Waals surface area contributed by atoms with Gasteiger partial charge in [0, 0.05) is 13.1 Å². The monoisotopic (exact) mass is 314 g/mol. The van der Waals surface area contributed by atoms with Crippen LogP contribution in [0.3, 0.4) is 0 Å². The first-order valence-electron chi connectivity index (χ1n) is 7.02. The lowest BCUT2D eigenvalue weighted by molar-refractivity contribution is -0.126. The number of hydrogen-bond acceptors (Lipinski definition) is 3. The third kappa shape index (κ3) is 4.15. The van der Waals surface area contributed by atoms with Gasteiger partial charge in [0.1, 0.15) is 5.82 Å². The smallest absolute Gasteiger partial charge is 0.241 e. The van der Waals surface area contributed by atoms with Crippen LogP contribution in [0.25, 0.3) is 0 Å². The molecule has 1 amide bonds. The first-order chi connectivity index (χ1) is 9.86. The zero-order chi connectivity index (χ0) is 15.6. The van der Waals surface area contributed by atoms with Gasteiger partial charge in [-0.25, -0.2) is 4.39 Å². The molecule has 1 aromatic carbocycles. The lowest BCUT2D eigenvalue weighted by Gasteiger charge is -2.38.